The average Bonchev–Trinajstić information content (AvgIpc) is 2.84. The molecular formula is C20H25N3O4. The minimum atomic E-state index is -0.553. The molecule has 1 aromatic heterocycles. The minimum absolute atomic E-state index is 0.0284. The molecule has 0 aliphatic carbocycles. The van der Waals surface area contributed by atoms with E-state index >= 15 is 0 Å². The van der Waals surface area contributed by atoms with Gasteiger partial charge in [0.05, 0.1) is 17.7 Å². The lowest BCUT2D eigenvalue weighted by molar-refractivity contribution is -0.126. The molecule has 7 heteroatoms. The number of nitrogens with two attached hydrogens (primary N) is 1. The zero-order valence-electron chi connectivity index (χ0n) is 16.0. The van der Waals surface area contributed by atoms with E-state index in [1.165, 1.54) is 0 Å². The van der Waals surface area contributed by atoms with Gasteiger partial charge in [-0.1, -0.05) is 13.8 Å². The zero-order valence-corrected chi connectivity index (χ0v) is 16.0. The maximum atomic E-state index is 11.9. The predicted molar refractivity (Wildman–Crippen MR) is 102 cm³/mol. The van der Waals surface area contributed by atoms with Crippen molar-refractivity contribution >= 4 is 22.6 Å². The van der Waals surface area contributed by atoms with Crippen molar-refractivity contribution in [3.63, 3.8) is 0 Å². The molecule has 3 rings (SSSR count). The van der Waals surface area contributed by atoms with Crippen molar-refractivity contribution in [2.24, 2.45) is 11.1 Å². The van der Waals surface area contributed by atoms with Crippen molar-refractivity contribution in [1.29, 1.82) is 0 Å². The summed E-state index contributed by atoms with van der Waals surface area (Å²) in [5, 5.41) is 4.45. The van der Waals surface area contributed by atoms with Crippen LogP contribution in [0.15, 0.2) is 24.4 Å². The number of aromatic nitrogens is 1. The van der Waals surface area contributed by atoms with Crippen LogP contribution < -0.4 is 20.5 Å². The maximum Gasteiger partial charge on any atom is 0.252 e. The Morgan fingerprint density at radius 2 is 2.15 bits per heavy atom. The molecule has 2 amide bonds. The van der Waals surface area contributed by atoms with Crippen molar-refractivity contribution in [2.45, 2.75) is 46.3 Å². The number of ether oxygens (including phenoxy) is 2. The first kappa shape index (κ1) is 18.9. The first-order valence-electron chi connectivity index (χ1n) is 9.00. The number of fused-ring (bicyclic) bond motifs is 1. The Kier molecular flexibility index (Phi) is 4.95. The van der Waals surface area contributed by atoms with Gasteiger partial charge in [0.1, 0.15) is 12.4 Å². The van der Waals surface area contributed by atoms with E-state index in [0.29, 0.717) is 30.2 Å². The van der Waals surface area contributed by atoms with Crippen LogP contribution in [0.25, 0.3) is 10.8 Å². The van der Waals surface area contributed by atoms with Crippen molar-refractivity contribution in [1.82, 2.24) is 10.3 Å². The molecule has 0 radical (unpaired) electrons. The molecule has 3 N–H and O–H groups in total. The lowest BCUT2D eigenvalue weighted by Crippen LogP contribution is -2.32. The third-order valence-corrected chi connectivity index (χ3v) is 4.58. The summed E-state index contributed by atoms with van der Waals surface area (Å²) in [4.78, 5) is 28.0. The van der Waals surface area contributed by atoms with Crippen LogP contribution in [-0.2, 0) is 4.79 Å². The highest BCUT2D eigenvalue weighted by atomic mass is 16.5. The molecule has 0 spiro atoms. The summed E-state index contributed by atoms with van der Waals surface area (Å²) >= 11 is 0. The number of carbonyl (C=O) groups is 2. The Bertz CT molecular complexity index is 892. The van der Waals surface area contributed by atoms with Gasteiger partial charge in [-0.2, -0.15) is 0 Å². The molecule has 1 saturated heterocycles. The van der Waals surface area contributed by atoms with E-state index in [4.69, 9.17) is 15.2 Å². The zero-order chi connectivity index (χ0) is 19.8. The maximum absolute atomic E-state index is 11.9. The third kappa shape index (κ3) is 3.97. The fraction of sp³-hybridized carbons (Fsp3) is 0.450. The quantitative estimate of drug-likeness (QED) is 0.812. The molecule has 1 fully saturated rings. The van der Waals surface area contributed by atoms with E-state index in [1.807, 2.05) is 27.7 Å². The van der Waals surface area contributed by atoms with E-state index < -0.39 is 11.3 Å². The van der Waals surface area contributed by atoms with Gasteiger partial charge < -0.3 is 20.5 Å². The molecule has 2 heterocycles. The van der Waals surface area contributed by atoms with Crippen LogP contribution in [0.4, 0.5) is 0 Å². The molecule has 1 aliphatic heterocycles. The number of hydrogen-bond donors (Lipinski definition) is 2. The van der Waals surface area contributed by atoms with Gasteiger partial charge in [-0.15, -0.1) is 0 Å². The predicted octanol–water partition coefficient (Wildman–Crippen LogP) is 2.41. The van der Waals surface area contributed by atoms with Gasteiger partial charge in [0.15, 0.2) is 0 Å². The second-order valence-corrected chi connectivity index (χ2v) is 7.79. The summed E-state index contributed by atoms with van der Waals surface area (Å²) in [5.74, 6) is 0.303. The summed E-state index contributed by atoms with van der Waals surface area (Å²) in [7, 11) is 0. The van der Waals surface area contributed by atoms with Crippen molar-refractivity contribution in [3.8, 4) is 11.6 Å². The average molecular weight is 371 g/mol. The van der Waals surface area contributed by atoms with Gasteiger partial charge in [0, 0.05) is 17.0 Å². The van der Waals surface area contributed by atoms with E-state index in [-0.39, 0.29) is 18.1 Å². The van der Waals surface area contributed by atoms with Gasteiger partial charge in [-0.3, -0.25) is 9.59 Å². The van der Waals surface area contributed by atoms with Crippen molar-refractivity contribution in [2.75, 3.05) is 6.61 Å². The number of hydrogen-bond acceptors (Lipinski definition) is 5. The Balaban J connectivity index is 1.89. The number of nitrogens with one attached hydrogen (secondary N) is 1. The highest BCUT2D eigenvalue weighted by molar-refractivity contribution is 6.01. The second-order valence-electron chi connectivity index (χ2n) is 7.79. The molecule has 1 atom stereocenters. The Morgan fingerprint density at radius 3 is 2.74 bits per heavy atom. The molecule has 27 heavy (non-hydrogen) atoms. The Morgan fingerprint density at radius 1 is 1.41 bits per heavy atom. The van der Waals surface area contributed by atoms with Crippen LogP contribution >= 0.6 is 0 Å². The highest BCUT2D eigenvalue weighted by Crippen LogP contribution is 2.33. The van der Waals surface area contributed by atoms with Crippen LogP contribution in [0.5, 0.6) is 11.6 Å². The molecule has 0 saturated carbocycles. The fourth-order valence-corrected chi connectivity index (χ4v) is 3.25. The number of primary amides is 1. The molecule has 0 bridgehead atoms. The largest absolute Gasteiger partial charge is 0.490 e. The Labute approximate surface area is 158 Å². The van der Waals surface area contributed by atoms with Crippen LogP contribution in [0.1, 0.15) is 44.5 Å². The first-order valence-corrected chi connectivity index (χ1v) is 9.00. The summed E-state index contributed by atoms with van der Waals surface area (Å²) in [6.45, 7) is 7.90. The van der Waals surface area contributed by atoms with Gasteiger partial charge in [-0.05, 0) is 43.9 Å². The number of rotatable bonds is 6. The summed E-state index contributed by atoms with van der Waals surface area (Å²) in [5.41, 5.74) is 5.42. The standard InChI is InChI=1S/C20H25N3O4/c1-11(2)27-16-8-14-12(7-15(16)17(21)24)5-6-22-18(14)26-10-13-9-20(3,4)19(25)23-13/h5-8,11,13H,9-10H2,1-4H3,(H2,21,24)(H,23,25). The topological polar surface area (TPSA) is 104 Å². The van der Waals surface area contributed by atoms with Crippen molar-refractivity contribution in [3.05, 3.63) is 30.0 Å². The molecule has 144 valence electrons. The molecule has 1 aliphatic rings. The SMILES string of the molecule is CC(C)Oc1cc2c(OCC3CC(C)(C)C(=O)N3)nccc2cc1C(N)=O. The van der Waals surface area contributed by atoms with Gasteiger partial charge in [0.2, 0.25) is 11.8 Å². The highest BCUT2D eigenvalue weighted by Gasteiger charge is 2.39. The van der Waals surface area contributed by atoms with Crippen LogP contribution in [0, 0.1) is 5.41 Å². The Hall–Kier alpha value is -2.83. The number of carbonyl (C=O) groups excluding carboxylic acids is 2. The molecule has 7 nitrogen and oxygen atoms in total. The molecule has 1 unspecified atom stereocenters. The fourth-order valence-electron chi connectivity index (χ4n) is 3.25. The second kappa shape index (κ2) is 7.06. The summed E-state index contributed by atoms with van der Waals surface area (Å²) in [6, 6.07) is 5.13. The summed E-state index contributed by atoms with van der Waals surface area (Å²) in [6.07, 6.45) is 2.20. The monoisotopic (exact) mass is 371 g/mol. The van der Waals surface area contributed by atoms with Crippen LogP contribution in [0.2, 0.25) is 0 Å². The molecular weight excluding hydrogens is 346 g/mol. The van der Waals surface area contributed by atoms with E-state index in [1.54, 1.807) is 24.4 Å². The smallest absolute Gasteiger partial charge is 0.252 e. The van der Waals surface area contributed by atoms with Crippen molar-refractivity contribution < 1.29 is 19.1 Å². The van der Waals surface area contributed by atoms with Crippen LogP contribution in [-0.4, -0.2) is 35.6 Å². The first-order chi connectivity index (χ1) is 12.7. The summed E-state index contributed by atoms with van der Waals surface area (Å²) < 4.78 is 11.7. The number of pyridine rings is 1. The van der Waals surface area contributed by atoms with Gasteiger partial charge in [-0.25, -0.2) is 4.98 Å². The van der Waals surface area contributed by atoms with Gasteiger partial charge in [0.25, 0.3) is 5.91 Å². The van der Waals surface area contributed by atoms with Crippen LogP contribution in [0.3, 0.4) is 0 Å². The minimum Gasteiger partial charge on any atom is -0.490 e. The normalized spacial score (nSPS) is 18.6. The lowest BCUT2D eigenvalue weighted by atomic mass is 9.90. The van der Waals surface area contributed by atoms with E-state index in [9.17, 15) is 9.59 Å². The number of amides is 2. The lowest BCUT2D eigenvalue weighted by Gasteiger charge is -2.16. The molecule has 2 aromatic rings. The third-order valence-electron chi connectivity index (χ3n) is 4.58. The van der Waals surface area contributed by atoms with E-state index in [0.717, 1.165) is 10.8 Å². The molecule has 1 aromatic carbocycles. The van der Waals surface area contributed by atoms with Gasteiger partial charge >= 0.3 is 0 Å². The van der Waals surface area contributed by atoms with E-state index in [2.05, 4.69) is 10.3 Å². The number of benzene rings is 1. The number of nitrogens with zero attached hydrogens (tertiary/aromatic N) is 1.